The summed E-state index contributed by atoms with van der Waals surface area (Å²) < 4.78 is 37.6. The number of rotatable bonds is 2. The number of hydrogen-bond donors (Lipinski definition) is 1. The lowest BCUT2D eigenvalue weighted by atomic mass is 10.1. The van der Waals surface area contributed by atoms with E-state index in [9.17, 15) is 18.0 Å². The second kappa shape index (κ2) is 6.31. The molecule has 0 aliphatic heterocycles. The van der Waals surface area contributed by atoms with E-state index < -0.39 is 17.6 Å². The number of nitrogens with one attached hydrogen (secondary N) is 1. The third-order valence-corrected chi connectivity index (χ3v) is 4.86. The molecule has 7 heteroatoms. The monoisotopic (exact) mass is 340 g/mol. The number of carbonyl (C=O) groups excluding carboxylic acids is 1. The first-order chi connectivity index (χ1) is 10.9. The van der Waals surface area contributed by atoms with Crippen LogP contribution < -0.4 is 5.32 Å². The fourth-order valence-electron chi connectivity index (χ4n) is 2.56. The Morgan fingerprint density at radius 3 is 2.48 bits per heavy atom. The van der Waals surface area contributed by atoms with Gasteiger partial charge in [0.15, 0.2) is 5.13 Å². The molecule has 0 saturated heterocycles. The van der Waals surface area contributed by atoms with Crippen molar-refractivity contribution in [2.45, 2.75) is 38.3 Å². The van der Waals surface area contributed by atoms with Gasteiger partial charge in [-0.15, -0.1) is 11.3 Å². The average Bonchev–Trinajstić information content (AvgIpc) is 2.75. The lowest BCUT2D eigenvalue weighted by Crippen LogP contribution is -2.12. The minimum Gasteiger partial charge on any atom is -0.298 e. The molecule has 1 aliphatic rings. The number of amides is 1. The molecule has 0 unspecified atom stereocenters. The summed E-state index contributed by atoms with van der Waals surface area (Å²) in [6.45, 7) is 0. The van der Waals surface area contributed by atoms with Gasteiger partial charge in [-0.2, -0.15) is 13.2 Å². The summed E-state index contributed by atoms with van der Waals surface area (Å²) in [6.07, 6.45) is 0.911. The fourth-order valence-corrected chi connectivity index (χ4v) is 3.61. The number of aryl methyl sites for hydroxylation is 2. The summed E-state index contributed by atoms with van der Waals surface area (Å²) in [5, 5.41) is 3.20. The van der Waals surface area contributed by atoms with Gasteiger partial charge in [0.05, 0.1) is 11.3 Å². The zero-order valence-electron chi connectivity index (χ0n) is 12.2. The molecule has 0 bridgehead atoms. The van der Waals surface area contributed by atoms with Crippen LogP contribution in [0.5, 0.6) is 0 Å². The van der Waals surface area contributed by atoms with Crippen LogP contribution in [0.25, 0.3) is 0 Å². The third-order valence-electron chi connectivity index (χ3n) is 3.79. The Kier molecular flexibility index (Phi) is 4.39. The van der Waals surface area contributed by atoms with E-state index in [2.05, 4.69) is 10.3 Å². The van der Waals surface area contributed by atoms with Crippen LogP contribution in [0.3, 0.4) is 0 Å². The number of aromatic nitrogens is 1. The van der Waals surface area contributed by atoms with Gasteiger partial charge < -0.3 is 0 Å². The van der Waals surface area contributed by atoms with Gasteiger partial charge in [-0.3, -0.25) is 10.1 Å². The van der Waals surface area contributed by atoms with Crippen molar-refractivity contribution in [3.05, 3.63) is 46.0 Å². The van der Waals surface area contributed by atoms with E-state index in [0.717, 1.165) is 43.5 Å². The highest BCUT2D eigenvalue weighted by Gasteiger charge is 2.30. The summed E-state index contributed by atoms with van der Waals surface area (Å²) in [5.41, 5.74) is 0.452. The highest BCUT2D eigenvalue weighted by molar-refractivity contribution is 7.15. The van der Waals surface area contributed by atoms with Crippen LogP contribution in [0.1, 0.15) is 45.8 Å². The van der Waals surface area contributed by atoms with Crippen molar-refractivity contribution in [1.82, 2.24) is 4.98 Å². The molecule has 0 saturated carbocycles. The maximum atomic E-state index is 12.5. The Bertz CT molecular complexity index is 684. The van der Waals surface area contributed by atoms with Crippen molar-refractivity contribution in [3.8, 4) is 0 Å². The Hall–Kier alpha value is -1.89. The molecule has 1 aromatic heterocycles. The van der Waals surface area contributed by atoms with Crippen LogP contribution >= 0.6 is 11.3 Å². The zero-order valence-corrected chi connectivity index (χ0v) is 13.1. The molecule has 1 amide bonds. The molecule has 0 fully saturated rings. The quantitative estimate of drug-likeness (QED) is 0.806. The van der Waals surface area contributed by atoms with E-state index in [1.807, 2.05) is 0 Å². The highest BCUT2D eigenvalue weighted by atomic mass is 32.1. The molecule has 1 N–H and O–H groups in total. The van der Waals surface area contributed by atoms with E-state index in [-0.39, 0.29) is 5.56 Å². The molecule has 3 rings (SSSR count). The number of hydrogen-bond acceptors (Lipinski definition) is 3. The average molecular weight is 340 g/mol. The number of benzene rings is 1. The number of anilines is 1. The van der Waals surface area contributed by atoms with Crippen LogP contribution in [0, 0.1) is 0 Å². The topological polar surface area (TPSA) is 42.0 Å². The molecule has 1 aliphatic carbocycles. The van der Waals surface area contributed by atoms with Crippen molar-refractivity contribution in [2.24, 2.45) is 0 Å². The normalized spacial score (nSPS) is 14.9. The van der Waals surface area contributed by atoms with Crippen LogP contribution in [0.4, 0.5) is 18.3 Å². The SMILES string of the molecule is O=C(Nc1nc2c(s1)CCCCC2)c1ccc(C(F)(F)F)cc1. The van der Waals surface area contributed by atoms with Gasteiger partial charge in [-0.1, -0.05) is 6.42 Å². The Balaban J connectivity index is 1.72. The second-order valence-electron chi connectivity index (χ2n) is 5.48. The van der Waals surface area contributed by atoms with Gasteiger partial charge >= 0.3 is 6.18 Å². The maximum absolute atomic E-state index is 12.5. The lowest BCUT2D eigenvalue weighted by molar-refractivity contribution is -0.137. The lowest BCUT2D eigenvalue weighted by Gasteiger charge is -2.07. The first-order valence-electron chi connectivity index (χ1n) is 7.41. The minimum absolute atomic E-state index is 0.184. The standard InChI is InChI=1S/C16H15F3N2OS/c17-16(18,19)11-8-6-10(7-9-11)14(22)21-15-20-12-4-2-1-3-5-13(12)23-15/h6-9H,1-5H2,(H,20,21,22). The van der Waals surface area contributed by atoms with Gasteiger partial charge in [-0.25, -0.2) is 4.98 Å². The number of halogens is 3. The maximum Gasteiger partial charge on any atom is 0.416 e. The molecule has 0 atom stereocenters. The minimum atomic E-state index is -4.40. The largest absolute Gasteiger partial charge is 0.416 e. The van der Waals surface area contributed by atoms with Crippen molar-refractivity contribution in [2.75, 3.05) is 5.32 Å². The number of nitrogens with zero attached hydrogens (tertiary/aromatic N) is 1. The molecule has 3 nitrogen and oxygen atoms in total. The molecule has 2 aromatic rings. The number of alkyl halides is 3. The Labute approximate surface area is 135 Å². The van der Waals surface area contributed by atoms with Crippen LogP contribution in [0.2, 0.25) is 0 Å². The highest BCUT2D eigenvalue weighted by Crippen LogP contribution is 2.30. The van der Waals surface area contributed by atoms with Gasteiger partial charge in [0, 0.05) is 10.4 Å². The van der Waals surface area contributed by atoms with Crippen molar-refractivity contribution in [1.29, 1.82) is 0 Å². The molecule has 1 aromatic carbocycles. The van der Waals surface area contributed by atoms with E-state index in [1.54, 1.807) is 0 Å². The number of fused-ring (bicyclic) bond motifs is 1. The molecular weight excluding hydrogens is 325 g/mol. The first kappa shape index (κ1) is 16.0. The summed E-state index contributed by atoms with van der Waals surface area (Å²) in [6, 6.07) is 4.17. The number of thiazole rings is 1. The predicted octanol–water partition coefficient (Wildman–Crippen LogP) is 4.68. The predicted molar refractivity (Wildman–Crippen MR) is 82.8 cm³/mol. The Morgan fingerprint density at radius 1 is 1.09 bits per heavy atom. The molecular formula is C16H15F3N2OS. The summed E-state index contributed by atoms with van der Waals surface area (Å²) in [5.74, 6) is -0.442. The van der Waals surface area contributed by atoms with Gasteiger partial charge in [0.2, 0.25) is 0 Å². The van der Waals surface area contributed by atoms with E-state index in [1.165, 1.54) is 34.8 Å². The first-order valence-corrected chi connectivity index (χ1v) is 8.22. The van der Waals surface area contributed by atoms with Crippen molar-refractivity contribution >= 4 is 22.4 Å². The smallest absolute Gasteiger partial charge is 0.298 e. The Morgan fingerprint density at radius 2 is 1.78 bits per heavy atom. The summed E-state index contributed by atoms with van der Waals surface area (Å²) >= 11 is 1.46. The van der Waals surface area contributed by atoms with Crippen molar-refractivity contribution in [3.63, 3.8) is 0 Å². The molecule has 23 heavy (non-hydrogen) atoms. The fraction of sp³-hybridized carbons (Fsp3) is 0.375. The third kappa shape index (κ3) is 3.72. The van der Waals surface area contributed by atoms with Crippen molar-refractivity contribution < 1.29 is 18.0 Å². The van der Waals surface area contributed by atoms with Gasteiger partial charge in [0.1, 0.15) is 0 Å². The summed E-state index contributed by atoms with van der Waals surface area (Å²) in [4.78, 5) is 17.8. The van der Waals surface area contributed by atoms with Crippen LogP contribution in [0.15, 0.2) is 24.3 Å². The summed E-state index contributed by atoms with van der Waals surface area (Å²) in [7, 11) is 0. The van der Waals surface area contributed by atoms with Gasteiger partial charge in [-0.05, 0) is 49.9 Å². The molecule has 122 valence electrons. The second-order valence-corrected chi connectivity index (χ2v) is 6.56. The van der Waals surface area contributed by atoms with Crippen LogP contribution in [-0.2, 0) is 19.0 Å². The molecule has 0 spiro atoms. The van der Waals surface area contributed by atoms with E-state index in [0.29, 0.717) is 5.13 Å². The van der Waals surface area contributed by atoms with Gasteiger partial charge in [0.25, 0.3) is 5.91 Å². The molecule has 0 radical (unpaired) electrons. The van der Waals surface area contributed by atoms with Crippen LogP contribution in [-0.4, -0.2) is 10.9 Å². The zero-order chi connectivity index (χ0) is 16.4. The van der Waals surface area contributed by atoms with E-state index in [4.69, 9.17) is 0 Å². The van der Waals surface area contributed by atoms with E-state index >= 15 is 0 Å². The molecule has 1 heterocycles. The number of carbonyl (C=O) groups is 1.